The van der Waals surface area contributed by atoms with Crippen LogP contribution in [0.4, 0.5) is 5.69 Å². The zero-order valence-electron chi connectivity index (χ0n) is 10.7. The van der Waals surface area contributed by atoms with Gasteiger partial charge in [0.1, 0.15) is 10.6 Å². The van der Waals surface area contributed by atoms with Gasteiger partial charge in [-0.2, -0.15) is 0 Å². The Morgan fingerprint density at radius 1 is 1.48 bits per heavy atom. The minimum Gasteiger partial charge on any atom is -0.492 e. The third-order valence-electron chi connectivity index (χ3n) is 2.36. The van der Waals surface area contributed by atoms with Crippen LogP contribution in [0, 0.1) is 0 Å². The number of halogens is 1. The van der Waals surface area contributed by atoms with Gasteiger partial charge in [-0.15, -0.1) is 5.10 Å². The zero-order chi connectivity index (χ0) is 15.5. The highest BCUT2D eigenvalue weighted by Crippen LogP contribution is 2.30. The van der Waals surface area contributed by atoms with Gasteiger partial charge in [0.05, 0.1) is 6.61 Å². The second-order valence-corrected chi connectivity index (χ2v) is 6.92. The molecule has 0 saturated carbocycles. The molecule has 2 aromatic rings. The van der Waals surface area contributed by atoms with Crippen molar-refractivity contribution >= 4 is 42.9 Å². The van der Waals surface area contributed by atoms with Crippen LogP contribution in [-0.2, 0) is 9.05 Å². The van der Waals surface area contributed by atoms with Crippen LogP contribution < -0.4 is 10.1 Å². The third kappa shape index (κ3) is 3.90. The normalized spacial score (nSPS) is 11.1. The molecule has 0 radical (unpaired) electrons. The summed E-state index contributed by atoms with van der Waals surface area (Å²) >= 11 is 1.04. The fraction of sp³-hybridized carbons (Fsp3) is 0.182. The number of hydrogen-bond acceptors (Lipinski definition) is 7. The van der Waals surface area contributed by atoms with Crippen molar-refractivity contribution in [1.82, 2.24) is 9.59 Å². The molecule has 0 saturated heterocycles. The largest absolute Gasteiger partial charge is 0.492 e. The van der Waals surface area contributed by atoms with Crippen LogP contribution in [-0.4, -0.2) is 30.5 Å². The molecule has 1 N–H and O–H groups in total. The number of amides is 1. The van der Waals surface area contributed by atoms with Gasteiger partial charge in [0.2, 0.25) is 0 Å². The van der Waals surface area contributed by atoms with Gasteiger partial charge in [-0.3, -0.25) is 4.79 Å². The number of nitrogens with one attached hydrogen (secondary N) is 1. The number of nitrogens with zero attached hydrogens (tertiary/aromatic N) is 2. The first-order chi connectivity index (χ1) is 9.91. The maximum Gasteiger partial charge on any atom is 0.277 e. The van der Waals surface area contributed by atoms with Crippen LogP contribution in [0.1, 0.15) is 17.4 Å². The molecule has 21 heavy (non-hydrogen) atoms. The Morgan fingerprint density at radius 3 is 2.81 bits per heavy atom. The zero-order valence-corrected chi connectivity index (χ0v) is 13.1. The lowest BCUT2D eigenvalue weighted by Crippen LogP contribution is -2.13. The molecular formula is C11H10ClN3O4S2. The summed E-state index contributed by atoms with van der Waals surface area (Å²) in [5.41, 5.74) is 0.403. The Labute approximate surface area is 129 Å². The standard InChI is InChI=1S/C11H10ClN3O4S2/c1-2-19-9-4-3-7(5-10(9)21(12,17)18)13-11(16)8-6-20-15-14-8/h3-6H,2H2,1H3,(H,13,16). The predicted molar refractivity (Wildman–Crippen MR) is 78.5 cm³/mol. The van der Waals surface area contributed by atoms with Gasteiger partial charge >= 0.3 is 0 Å². The van der Waals surface area contributed by atoms with Crippen LogP contribution in [0.3, 0.4) is 0 Å². The Balaban J connectivity index is 2.32. The lowest BCUT2D eigenvalue weighted by molar-refractivity contribution is 0.102. The molecule has 112 valence electrons. The SMILES string of the molecule is CCOc1ccc(NC(=O)c2csnn2)cc1S(=O)(=O)Cl. The van der Waals surface area contributed by atoms with Gasteiger partial charge < -0.3 is 10.1 Å². The number of carbonyl (C=O) groups excluding carboxylic acids is 1. The van der Waals surface area contributed by atoms with E-state index in [0.29, 0.717) is 0 Å². The quantitative estimate of drug-likeness (QED) is 0.832. The van der Waals surface area contributed by atoms with Crippen LogP contribution in [0.15, 0.2) is 28.5 Å². The van der Waals surface area contributed by atoms with E-state index in [-0.39, 0.29) is 28.6 Å². The first-order valence-electron chi connectivity index (χ1n) is 5.71. The highest BCUT2D eigenvalue weighted by molar-refractivity contribution is 8.13. The molecule has 0 unspecified atom stereocenters. The molecule has 1 aromatic heterocycles. The molecule has 0 aliphatic rings. The Kier molecular flexibility index (Phi) is 4.76. The summed E-state index contributed by atoms with van der Waals surface area (Å²) in [5.74, 6) is -0.369. The smallest absolute Gasteiger partial charge is 0.277 e. The molecule has 10 heteroatoms. The lowest BCUT2D eigenvalue weighted by atomic mass is 10.3. The van der Waals surface area contributed by atoms with Gasteiger partial charge in [-0.1, -0.05) is 4.49 Å². The van der Waals surface area contributed by atoms with Crippen molar-refractivity contribution in [1.29, 1.82) is 0 Å². The van der Waals surface area contributed by atoms with Crippen LogP contribution in [0.25, 0.3) is 0 Å². The molecule has 0 fully saturated rings. The molecule has 0 aliphatic heterocycles. The molecule has 0 atom stereocenters. The number of benzene rings is 1. The van der Waals surface area contributed by atoms with E-state index >= 15 is 0 Å². The van der Waals surface area contributed by atoms with Gasteiger partial charge in [-0.05, 0) is 36.7 Å². The van der Waals surface area contributed by atoms with E-state index in [4.69, 9.17) is 15.4 Å². The third-order valence-corrected chi connectivity index (χ3v) is 4.20. The van der Waals surface area contributed by atoms with Crippen molar-refractivity contribution in [3.63, 3.8) is 0 Å². The van der Waals surface area contributed by atoms with E-state index in [2.05, 4.69) is 14.9 Å². The maximum atomic E-state index is 11.8. The van der Waals surface area contributed by atoms with E-state index in [1.165, 1.54) is 23.6 Å². The fourth-order valence-electron chi connectivity index (χ4n) is 1.51. The Bertz CT molecular complexity index is 747. The van der Waals surface area contributed by atoms with Gasteiger partial charge in [0.25, 0.3) is 15.0 Å². The highest BCUT2D eigenvalue weighted by Gasteiger charge is 2.19. The number of anilines is 1. The molecule has 2 rings (SSSR count). The second kappa shape index (κ2) is 6.37. The van der Waals surface area contributed by atoms with Gasteiger partial charge in [0, 0.05) is 21.7 Å². The van der Waals surface area contributed by atoms with Crippen LogP contribution in [0.5, 0.6) is 5.75 Å². The van der Waals surface area contributed by atoms with Crippen molar-refractivity contribution in [2.24, 2.45) is 0 Å². The molecule has 0 bridgehead atoms. The van der Waals surface area contributed by atoms with Gasteiger partial charge in [-0.25, -0.2) is 8.42 Å². The number of hydrogen-bond donors (Lipinski definition) is 1. The molecule has 0 aliphatic carbocycles. The highest BCUT2D eigenvalue weighted by atomic mass is 35.7. The van der Waals surface area contributed by atoms with Gasteiger partial charge in [0.15, 0.2) is 5.69 Å². The van der Waals surface area contributed by atoms with Crippen LogP contribution in [0.2, 0.25) is 0 Å². The van der Waals surface area contributed by atoms with Crippen molar-refractivity contribution in [3.8, 4) is 5.75 Å². The van der Waals surface area contributed by atoms with E-state index in [9.17, 15) is 13.2 Å². The first kappa shape index (κ1) is 15.7. The van der Waals surface area contributed by atoms with E-state index < -0.39 is 15.0 Å². The Hall–Kier alpha value is -1.71. The summed E-state index contributed by atoms with van der Waals surface area (Å²) in [6.07, 6.45) is 0. The summed E-state index contributed by atoms with van der Waals surface area (Å²) in [5, 5.41) is 7.61. The molecule has 1 aromatic carbocycles. The first-order valence-corrected chi connectivity index (χ1v) is 8.86. The van der Waals surface area contributed by atoms with Crippen LogP contribution >= 0.6 is 22.2 Å². The summed E-state index contributed by atoms with van der Waals surface area (Å²) < 4.78 is 31.9. The van der Waals surface area contributed by atoms with E-state index in [1.807, 2.05) is 0 Å². The average molecular weight is 348 g/mol. The Morgan fingerprint density at radius 2 is 2.24 bits per heavy atom. The minimum absolute atomic E-state index is 0.126. The minimum atomic E-state index is -4.00. The molecule has 1 amide bonds. The summed E-state index contributed by atoms with van der Waals surface area (Å²) in [4.78, 5) is 11.6. The summed E-state index contributed by atoms with van der Waals surface area (Å²) in [6.45, 7) is 2.01. The van der Waals surface area contributed by atoms with Crippen molar-refractivity contribution in [3.05, 3.63) is 29.3 Å². The monoisotopic (exact) mass is 347 g/mol. The molecular weight excluding hydrogens is 338 g/mol. The van der Waals surface area contributed by atoms with Crippen molar-refractivity contribution in [2.45, 2.75) is 11.8 Å². The number of carbonyl (C=O) groups is 1. The molecule has 0 spiro atoms. The lowest BCUT2D eigenvalue weighted by Gasteiger charge is -2.10. The summed E-state index contributed by atoms with van der Waals surface area (Å²) in [6, 6.07) is 4.16. The topological polar surface area (TPSA) is 98.2 Å². The number of ether oxygens (including phenoxy) is 1. The number of rotatable bonds is 5. The average Bonchev–Trinajstić information content (AvgIpc) is 2.93. The molecule has 1 heterocycles. The van der Waals surface area contributed by atoms with Crippen molar-refractivity contribution < 1.29 is 17.9 Å². The van der Waals surface area contributed by atoms with Crippen molar-refractivity contribution in [2.75, 3.05) is 11.9 Å². The second-order valence-electron chi connectivity index (χ2n) is 3.78. The van der Waals surface area contributed by atoms with E-state index in [0.717, 1.165) is 11.5 Å². The molecule has 7 nitrogen and oxygen atoms in total. The maximum absolute atomic E-state index is 11.8. The van der Waals surface area contributed by atoms with E-state index in [1.54, 1.807) is 6.92 Å². The number of aromatic nitrogens is 2. The predicted octanol–water partition coefficient (Wildman–Crippen LogP) is 2.12. The fourth-order valence-corrected chi connectivity index (χ4v) is 2.94. The summed E-state index contributed by atoms with van der Waals surface area (Å²) in [7, 11) is 1.37.